The van der Waals surface area contributed by atoms with Crippen molar-refractivity contribution < 1.29 is 185 Å². The number of halogens is 11. The maximum absolute atomic E-state index is 14.0. The topological polar surface area (TPSA) is 0 Å². The molecule has 118 valence electrons. The molecule has 0 unspecified atom stereocenters. The molecule has 24 heteroatoms. The third kappa shape index (κ3) is 4.79. The zero-order chi connectivity index (χ0) is 17.9. The largest absolute Gasteiger partial charge is 1.00 e. The smallest absolute Gasteiger partial charge is 0.541 e. The standard InChI is InChI=1S/CH2B11F11.2Cs/c13-2-1-11(22)9(20)12(23,10(11)21)8(19)7(18)6(17)5(16)4(15)3(2)14;;/h1H2;;/q-2;2*+1. The molecule has 0 radical (unpaired) electrons. The molecule has 3 fully saturated rings. The third-order valence-electron chi connectivity index (χ3n) is 4.98. The number of hydrogen-bond acceptors (Lipinski definition) is 0. The van der Waals surface area contributed by atoms with Crippen molar-refractivity contribution in [1.29, 1.82) is 0 Å². The molecule has 25 heavy (non-hydrogen) atoms. The van der Waals surface area contributed by atoms with Gasteiger partial charge in [0.2, 0.25) is 6.77 Å². The van der Waals surface area contributed by atoms with Crippen molar-refractivity contribution in [2.75, 3.05) is 0 Å². The van der Waals surface area contributed by atoms with Crippen LogP contribution in [0.5, 0.6) is 0 Å². The minimum Gasteiger partial charge on any atom is -0.541 e. The molecule has 0 aliphatic carbocycles. The number of hydrogen-bond donors (Lipinski definition) is 0. The predicted octanol–water partition coefficient (Wildman–Crippen LogP) is -5.10. The van der Waals surface area contributed by atoms with Gasteiger partial charge in [-0.3, -0.25) is 0 Å². The van der Waals surface area contributed by atoms with Gasteiger partial charge in [0.15, 0.2) is 0 Å². The Morgan fingerprint density at radius 2 is 0.920 bits per heavy atom. The molecule has 0 amide bonds. The summed E-state index contributed by atoms with van der Waals surface area (Å²) in [5.74, 6) is 0. The fraction of sp³-hybridized carbons (Fsp3) is 1.00. The molecule has 0 aromatic carbocycles. The van der Waals surface area contributed by atoms with Gasteiger partial charge in [-0.1, -0.05) is 0 Å². The minimum absolute atomic E-state index is 0. The first-order valence-electron chi connectivity index (χ1n) is 6.88. The van der Waals surface area contributed by atoms with E-state index >= 15 is 0 Å². The maximum Gasteiger partial charge on any atom is 1.00 e. The Labute approximate surface area is 258 Å². The molecule has 0 spiro atoms. The Morgan fingerprint density at radius 1 is 0.560 bits per heavy atom. The molecule has 0 nitrogen and oxygen atoms in total. The molecule has 0 aromatic heterocycles. The van der Waals surface area contributed by atoms with E-state index in [1.54, 1.807) is 0 Å². The summed E-state index contributed by atoms with van der Waals surface area (Å²) in [5, 5.41) is 0. The van der Waals surface area contributed by atoms with E-state index in [1.165, 1.54) is 0 Å². The van der Waals surface area contributed by atoms with Gasteiger partial charge in [0.1, 0.15) is 12.3 Å². The summed E-state index contributed by atoms with van der Waals surface area (Å²) in [5.41, 5.74) is 0. The molecule has 3 aliphatic rings. The zero-order valence-corrected chi connectivity index (χ0v) is 25.8. The first-order chi connectivity index (χ1) is 10.4. The summed E-state index contributed by atoms with van der Waals surface area (Å²) in [6, 6.07) is 0. The molecular weight excluding hydrogens is 606 g/mol. The van der Waals surface area contributed by atoms with Gasteiger partial charge in [-0.2, -0.15) is 6.22 Å². The summed E-state index contributed by atoms with van der Waals surface area (Å²) in [4.78, 5) is 0. The van der Waals surface area contributed by atoms with Gasteiger partial charge in [0, 0.05) is 0 Å². The Balaban J connectivity index is 0.00000288. The summed E-state index contributed by atoms with van der Waals surface area (Å²) < 4.78 is 149. The maximum atomic E-state index is 14.0. The molecule has 3 aliphatic heterocycles. The molecule has 3 heterocycles. The van der Waals surface area contributed by atoms with Gasteiger partial charge in [-0.25, -0.2) is 0 Å². The minimum atomic E-state index is -5.30. The summed E-state index contributed by atoms with van der Waals surface area (Å²) in [7, 11) is 0. The molecule has 0 saturated carbocycles. The quantitative estimate of drug-likeness (QED) is 0.191. The van der Waals surface area contributed by atoms with Crippen LogP contribution in [-0.4, -0.2) is 73.4 Å². The molecule has 3 saturated heterocycles. The zero-order valence-electron chi connectivity index (χ0n) is 13.2. The monoisotopic (exact) mass is 610 g/mol. The molecule has 2 bridgehead atoms. The number of fused-ring (bicyclic) bond motifs is 7. The normalized spacial score (nSPS) is 30.6. The van der Waals surface area contributed by atoms with Crippen LogP contribution in [0.2, 0.25) is 6.22 Å². The summed E-state index contributed by atoms with van der Waals surface area (Å²) in [6.07, 6.45) is -12.2. The molecule has 3 rings (SSSR count). The first kappa shape index (κ1) is 29.0. The van der Waals surface area contributed by atoms with Crippen LogP contribution in [0.1, 0.15) is 0 Å². The van der Waals surface area contributed by atoms with E-state index in [1.807, 2.05) is 0 Å². The Morgan fingerprint density at radius 3 is 1.36 bits per heavy atom. The van der Waals surface area contributed by atoms with Crippen molar-refractivity contribution in [2.45, 2.75) is 6.22 Å². The van der Waals surface area contributed by atoms with E-state index in [0.29, 0.717) is 0 Å². The fourth-order valence-electron chi connectivity index (χ4n) is 3.46. The van der Waals surface area contributed by atoms with E-state index in [-0.39, 0.29) is 138 Å². The molecule has 0 N–H and O–H groups in total. The average Bonchev–Trinajstić information content (AvgIpc) is 2.54. The van der Waals surface area contributed by atoms with Gasteiger partial charge in [-0.15, -0.1) is 0 Å². The Kier molecular flexibility index (Phi) is 12.3. The molecule has 0 aromatic rings. The summed E-state index contributed by atoms with van der Waals surface area (Å²) in [6.45, 7) is -33.4. The van der Waals surface area contributed by atoms with Crippen molar-refractivity contribution in [1.82, 2.24) is 0 Å². The van der Waals surface area contributed by atoms with Gasteiger partial charge >= 0.3 is 179 Å². The van der Waals surface area contributed by atoms with Gasteiger partial charge in [-0.05, 0) is 0 Å². The van der Waals surface area contributed by atoms with Crippen molar-refractivity contribution in [3.05, 3.63) is 0 Å². The van der Waals surface area contributed by atoms with E-state index in [4.69, 9.17) is 0 Å². The average molecular weight is 608 g/mol. The fourth-order valence-corrected chi connectivity index (χ4v) is 3.46. The summed E-state index contributed by atoms with van der Waals surface area (Å²) >= 11 is 0. The predicted molar refractivity (Wildman–Crippen MR) is 80.3 cm³/mol. The van der Waals surface area contributed by atoms with E-state index < -0.39 is 79.6 Å². The third-order valence-corrected chi connectivity index (χ3v) is 4.98. The van der Waals surface area contributed by atoms with Crippen LogP contribution < -0.4 is 138 Å². The van der Waals surface area contributed by atoms with Gasteiger partial charge in [0.05, 0.1) is 13.5 Å². The van der Waals surface area contributed by atoms with Crippen molar-refractivity contribution in [3.8, 4) is 0 Å². The van der Waals surface area contributed by atoms with Crippen molar-refractivity contribution in [3.63, 3.8) is 0 Å². The van der Waals surface area contributed by atoms with E-state index in [0.717, 1.165) is 0 Å². The van der Waals surface area contributed by atoms with Crippen LogP contribution in [0.25, 0.3) is 0 Å². The molecule has 0 atom stereocenters. The van der Waals surface area contributed by atoms with Gasteiger partial charge in [0.25, 0.3) is 0 Å². The Bertz CT molecular complexity index is 450. The van der Waals surface area contributed by atoms with Crippen LogP contribution in [0.4, 0.5) is 47.5 Å². The van der Waals surface area contributed by atoms with E-state index in [9.17, 15) is 47.5 Å². The Hall–Kier alpha value is 4.05. The van der Waals surface area contributed by atoms with Crippen LogP contribution in [-0.2, 0) is 0 Å². The number of rotatable bonds is 0. The SMILES string of the molecule is FB1C[B-]2(F)B(F)[B-](F)(B(F)B(F)B(F)B(F)B(F)B1F)B2F.[Cs+].[Cs+]. The molecular formula is CH2B11Cs2F11. The van der Waals surface area contributed by atoms with Crippen LogP contribution in [0, 0.1) is 0 Å². The second-order valence-corrected chi connectivity index (χ2v) is 6.33. The van der Waals surface area contributed by atoms with Crippen molar-refractivity contribution in [2.24, 2.45) is 0 Å². The van der Waals surface area contributed by atoms with Crippen LogP contribution >= 0.6 is 0 Å². The second kappa shape index (κ2) is 10.6. The van der Waals surface area contributed by atoms with E-state index in [2.05, 4.69) is 0 Å². The van der Waals surface area contributed by atoms with Gasteiger partial charge < -0.3 is 47.5 Å². The van der Waals surface area contributed by atoms with Crippen molar-refractivity contribution >= 4 is 73.4 Å². The van der Waals surface area contributed by atoms with Crippen LogP contribution in [0.15, 0.2) is 0 Å². The second-order valence-electron chi connectivity index (χ2n) is 6.33. The van der Waals surface area contributed by atoms with Crippen LogP contribution in [0.3, 0.4) is 0 Å². The first-order valence-corrected chi connectivity index (χ1v) is 6.88.